The second-order valence-electron chi connectivity index (χ2n) is 11.7. The molecule has 4 nitrogen and oxygen atoms in total. The molecule has 0 N–H and O–H groups in total. The first-order valence-corrected chi connectivity index (χ1v) is 15.2. The summed E-state index contributed by atoms with van der Waals surface area (Å²) < 4.78 is 16.7. The summed E-state index contributed by atoms with van der Waals surface area (Å²) in [5.41, 5.74) is 11.4. The van der Waals surface area contributed by atoms with Crippen LogP contribution in [0, 0.1) is 11.3 Å². The van der Waals surface area contributed by atoms with Gasteiger partial charge in [-0.15, -0.1) is 0 Å². The molecule has 0 saturated carbocycles. The minimum atomic E-state index is 0.267. The van der Waals surface area contributed by atoms with Crippen molar-refractivity contribution in [3.8, 4) is 22.9 Å². The summed E-state index contributed by atoms with van der Waals surface area (Å²) in [6, 6.07) is 32.7. The van der Waals surface area contributed by atoms with Gasteiger partial charge < -0.3 is 14.2 Å². The molecular weight excluding hydrogens is 518 g/mol. The van der Waals surface area contributed by atoms with Gasteiger partial charge in [-0.2, -0.15) is 5.26 Å². The fourth-order valence-electron chi connectivity index (χ4n) is 6.03. The number of nitriles is 1. The average molecular weight is 558 g/mol. The highest BCUT2D eigenvalue weighted by Crippen LogP contribution is 2.47. The Morgan fingerprint density at radius 1 is 0.762 bits per heavy atom. The normalized spacial score (nSPS) is 18.0. The number of unbranched alkanes of at least 4 members (excludes halogenated alkanes) is 1. The topological polar surface area (TPSA) is 54.8 Å². The van der Waals surface area contributed by atoms with Gasteiger partial charge in [-0.05, 0) is 81.6 Å². The predicted molar refractivity (Wildman–Crippen MR) is 167 cm³/mol. The first-order valence-electron chi connectivity index (χ1n) is 15.2. The Morgan fingerprint density at radius 2 is 1.29 bits per heavy atom. The van der Waals surface area contributed by atoms with Crippen LogP contribution < -0.4 is 4.74 Å². The maximum atomic E-state index is 9.14. The zero-order valence-electron chi connectivity index (χ0n) is 24.8. The molecule has 0 spiro atoms. The largest absolute Gasteiger partial charge is 0.494 e. The van der Waals surface area contributed by atoms with Gasteiger partial charge in [0.2, 0.25) is 0 Å². The van der Waals surface area contributed by atoms with Crippen LogP contribution in [-0.4, -0.2) is 32.5 Å². The monoisotopic (exact) mass is 557 g/mol. The number of hydrogen-bond donors (Lipinski definition) is 0. The first-order chi connectivity index (χ1) is 20.5. The van der Waals surface area contributed by atoms with Crippen molar-refractivity contribution in [2.45, 2.75) is 57.5 Å². The maximum absolute atomic E-state index is 9.14. The molecule has 6 rings (SSSR count). The van der Waals surface area contributed by atoms with Gasteiger partial charge in [-0.25, -0.2) is 0 Å². The summed E-state index contributed by atoms with van der Waals surface area (Å²) in [4.78, 5) is 0. The molecule has 4 aromatic rings. The molecule has 0 amide bonds. The van der Waals surface area contributed by atoms with Gasteiger partial charge in [0.25, 0.3) is 0 Å². The third kappa shape index (κ3) is 6.14. The molecule has 214 valence electrons. The van der Waals surface area contributed by atoms with Crippen molar-refractivity contribution in [1.29, 1.82) is 5.26 Å². The van der Waals surface area contributed by atoms with E-state index >= 15 is 0 Å². The molecule has 0 bridgehead atoms. The van der Waals surface area contributed by atoms with Gasteiger partial charge in [-0.3, -0.25) is 0 Å². The lowest BCUT2D eigenvalue weighted by molar-refractivity contribution is 0.110. The van der Waals surface area contributed by atoms with E-state index in [9.17, 15) is 0 Å². The van der Waals surface area contributed by atoms with Crippen molar-refractivity contribution in [3.05, 3.63) is 124 Å². The van der Waals surface area contributed by atoms with E-state index in [1.54, 1.807) is 0 Å². The maximum Gasteiger partial charge on any atom is 0.119 e. The molecule has 1 fully saturated rings. The Hall–Kier alpha value is -3.91. The summed E-state index contributed by atoms with van der Waals surface area (Å²) in [6.45, 7) is 9.90. The van der Waals surface area contributed by atoms with E-state index in [2.05, 4.69) is 99.6 Å². The van der Waals surface area contributed by atoms with Crippen molar-refractivity contribution >= 4 is 0 Å². The van der Waals surface area contributed by atoms with Gasteiger partial charge in [0, 0.05) is 24.4 Å². The Kier molecular flexibility index (Phi) is 8.42. The highest BCUT2D eigenvalue weighted by Gasteiger charge is 2.27. The van der Waals surface area contributed by atoms with Gasteiger partial charge in [-0.1, -0.05) is 81.4 Å². The predicted octanol–water partition coefficient (Wildman–Crippen LogP) is 8.57. The van der Waals surface area contributed by atoms with Gasteiger partial charge in [0.15, 0.2) is 0 Å². The van der Waals surface area contributed by atoms with Crippen LogP contribution in [0.5, 0.6) is 5.75 Å². The van der Waals surface area contributed by atoms with Crippen molar-refractivity contribution in [1.82, 2.24) is 0 Å². The van der Waals surface area contributed by atoms with Crippen LogP contribution in [0.4, 0.5) is 0 Å². The second-order valence-corrected chi connectivity index (χ2v) is 11.7. The van der Waals surface area contributed by atoms with Crippen LogP contribution in [0.15, 0.2) is 84.9 Å². The Morgan fingerprint density at radius 3 is 1.83 bits per heavy atom. The van der Waals surface area contributed by atoms with E-state index in [-0.39, 0.29) is 5.92 Å². The van der Waals surface area contributed by atoms with E-state index in [0.717, 1.165) is 38.4 Å². The second kappa shape index (κ2) is 12.5. The lowest BCUT2D eigenvalue weighted by Crippen LogP contribution is -2.05. The average Bonchev–Trinajstić information content (AvgIpc) is 3.83. The van der Waals surface area contributed by atoms with Gasteiger partial charge in [0.1, 0.15) is 11.9 Å². The third-order valence-electron chi connectivity index (χ3n) is 8.95. The Balaban J connectivity index is 1.09. The molecular formula is C38H39NO3. The molecule has 1 aliphatic heterocycles. The van der Waals surface area contributed by atoms with Crippen molar-refractivity contribution in [2.24, 2.45) is 0 Å². The standard InChI is InChI=1S/C38H39NO3/c1-25(29-8-6-28(22-39)7-9-29)31-12-16-35-36-17-13-32(21-38(36)27(3)37(35)20-31)26(2)30-10-14-33(15-11-30)41-19-5-4-18-40-23-34-24-42-34/h6-17,20-21,25-27,34H,4-5,18-19,23-24H2,1-3H3. The summed E-state index contributed by atoms with van der Waals surface area (Å²) in [7, 11) is 0. The zero-order valence-corrected chi connectivity index (χ0v) is 24.8. The molecule has 2 aliphatic rings. The molecule has 42 heavy (non-hydrogen) atoms. The summed E-state index contributed by atoms with van der Waals surface area (Å²) in [6.07, 6.45) is 2.32. The number of benzene rings is 4. The van der Waals surface area contributed by atoms with E-state index in [1.165, 1.54) is 44.5 Å². The Labute approximate surface area is 249 Å². The van der Waals surface area contributed by atoms with Crippen LogP contribution in [0.25, 0.3) is 11.1 Å². The minimum absolute atomic E-state index is 0.267. The van der Waals surface area contributed by atoms with Crippen LogP contribution in [0.3, 0.4) is 0 Å². The Bertz CT molecular complexity index is 1560. The van der Waals surface area contributed by atoms with Gasteiger partial charge >= 0.3 is 0 Å². The van der Waals surface area contributed by atoms with Crippen LogP contribution in [0.2, 0.25) is 0 Å². The first kappa shape index (κ1) is 28.2. The molecule has 4 heteroatoms. The summed E-state index contributed by atoms with van der Waals surface area (Å²) >= 11 is 0. The van der Waals surface area contributed by atoms with Crippen LogP contribution in [0.1, 0.15) is 90.3 Å². The van der Waals surface area contributed by atoms with E-state index in [0.29, 0.717) is 30.1 Å². The lowest BCUT2D eigenvalue weighted by Gasteiger charge is -2.16. The molecule has 4 unspecified atom stereocenters. The molecule has 1 heterocycles. The quantitative estimate of drug-likeness (QED) is 0.129. The molecule has 1 aliphatic carbocycles. The van der Waals surface area contributed by atoms with E-state index < -0.39 is 0 Å². The molecule has 4 atom stereocenters. The van der Waals surface area contributed by atoms with Crippen LogP contribution in [-0.2, 0) is 9.47 Å². The van der Waals surface area contributed by atoms with Crippen molar-refractivity contribution in [2.75, 3.05) is 26.4 Å². The fraction of sp³-hybridized carbons (Fsp3) is 0.342. The molecule has 0 radical (unpaired) electrons. The number of nitrogens with zero attached hydrogens (tertiary/aromatic N) is 1. The molecule has 4 aromatic carbocycles. The number of epoxide rings is 1. The van der Waals surface area contributed by atoms with Crippen molar-refractivity contribution in [3.63, 3.8) is 0 Å². The minimum Gasteiger partial charge on any atom is -0.494 e. The third-order valence-corrected chi connectivity index (χ3v) is 8.95. The number of hydrogen-bond acceptors (Lipinski definition) is 4. The summed E-state index contributed by atoms with van der Waals surface area (Å²) in [5.74, 6) is 1.82. The van der Waals surface area contributed by atoms with Crippen LogP contribution >= 0.6 is 0 Å². The van der Waals surface area contributed by atoms with Crippen molar-refractivity contribution < 1.29 is 14.2 Å². The highest BCUT2D eigenvalue weighted by atomic mass is 16.6. The number of ether oxygens (including phenoxy) is 3. The number of fused-ring (bicyclic) bond motifs is 3. The van der Waals surface area contributed by atoms with E-state index in [1.807, 2.05) is 12.1 Å². The number of rotatable bonds is 12. The molecule has 0 aromatic heterocycles. The van der Waals surface area contributed by atoms with E-state index in [4.69, 9.17) is 19.5 Å². The fourth-order valence-corrected chi connectivity index (χ4v) is 6.03. The highest BCUT2D eigenvalue weighted by molar-refractivity contribution is 5.79. The lowest BCUT2D eigenvalue weighted by atomic mass is 9.88. The SMILES string of the molecule is CC(c1ccc(C#N)cc1)c1ccc2c(c1)C(C)c1cc(C(C)c3ccc(OCCCCOCC4CO4)cc3)ccc1-2. The molecule has 1 saturated heterocycles. The smallest absolute Gasteiger partial charge is 0.119 e. The zero-order chi connectivity index (χ0) is 29.1. The summed E-state index contributed by atoms with van der Waals surface area (Å²) in [5, 5.41) is 9.14. The van der Waals surface area contributed by atoms with Gasteiger partial charge in [0.05, 0.1) is 31.5 Å².